The summed E-state index contributed by atoms with van der Waals surface area (Å²) in [5.74, 6) is 0. The molecule has 0 aliphatic carbocycles. The molecule has 3 rings (SSSR count). The van der Waals surface area contributed by atoms with E-state index in [1.54, 1.807) is 0 Å². The van der Waals surface area contributed by atoms with E-state index in [9.17, 15) is 0 Å². The molecule has 0 spiro atoms. The summed E-state index contributed by atoms with van der Waals surface area (Å²) in [7, 11) is 0. The third-order valence-corrected chi connectivity index (χ3v) is 8.10. The van der Waals surface area contributed by atoms with Gasteiger partial charge < -0.3 is 9.47 Å². The summed E-state index contributed by atoms with van der Waals surface area (Å²) in [5.41, 5.74) is 2.40. The highest BCUT2D eigenvalue weighted by Crippen LogP contribution is 2.40. The molecule has 0 unspecified atom stereocenters. The number of hydrogen-bond donors (Lipinski definition) is 0. The van der Waals surface area contributed by atoms with Gasteiger partial charge in [-0.2, -0.15) is 0 Å². The Morgan fingerprint density at radius 2 is 1.08 bits per heavy atom. The van der Waals surface area contributed by atoms with Crippen molar-refractivity contribution in [1.29, 1.82) is 0 Å². The highest BCUT2D eigenvalue weighted by Gasteiger charge is 2.44. The maximum Gasteiger partial charge on any atom is 0.0979 e. The van der Waals surface area contributed by atoms with E-state index in [4.69, 9.17) is 9.47 Å². The lowest BCUT2D eigenvalue weighted by atomic mass is 10.1. The van der Waals surface area contributed by atoms with Crippen LogP contribution in [0.1, 0.15) is 11.1 Å². The van der Waals surface area contributed by atoms with Gasteiger partial charge >= 0.3 is 0 Å². The fraction of sp³-hybridized carbons (Fsp3) is 0.400. The smallest absolute Gasteiger partial charge is 0.0979 e. The number of halogens is 2. The van der Waals surface area contributed by atoms with Crippen molar-refractivity contribution in [3.8, 4) is 0 Å². The summed E-state index contributed by atoms with van der Waals surface area (Å²) in [6, 6.07) is 20.7. The Morgan fingerprint density at radius 1 is 0.680 bits per heavy atom. The topological polar surface area (TPSA) is 18.5 Å². The molecule has 0 N–H and O–H groups in total. The summed E-state index contributed by atoms with van der Waals surface area (Å²) < 4.78 is 12.7. The van der Waals surface area contributed by atoms with E-state index in [2.05, 4.69) is 80.4 Å². The van der Waals surface area contributed by atoms with Gasteiger partial charge in [0.1, 0.15) is 0 Å². The zero-order valence-electron chi connectivity index (χ0n) is 13.9. The first kappa shape index (κ1) is 19.4. The molecule has 5 heteroatoms. The predicted molar refractivity (Wildman–Crippen MR) is 113 cm³/mol. The Bertz CT molecular complexity index is 571. The van der Waals surface area contributed by atoms with Crippen molar-refractivity contribution < 1.29 is 9.47 Å². The largest absolute Gasteiger partial charge is 0.370 e. The normalized spacial score (nSPS) is 26.0. The minimum Gasteiger partial charge on any atom is -0.370 e. The van der Waals surface area contributed by atoms with Crippen LogP contribution < -0.4 is 0 Å². The maximum absolute atomic E-state index is 6.33. The van der Waals surface area contributed by atoms with Crippen molar-refractivity contribution in [3.05, 3.63) is 71.8 Å². The first-order valence-corrected chi connectivity index (χ1v) is 11.6. The van der Waals surface area contributed by atoms with Crippen LogP contribution >= 0.6 is 43.6 Å². The average molecular weight is 486 g/mol. The second-order valence-corrected chi connectivity index (χ2v) is 8.82. The van der Waals surface area contributed by atoms with Crippen LogP contribution in [0.4, 0.5) is 0 Å². The SMILES string of the molecule is BrC[C@@H]1S[C@@H](CBr)[C@@H](OCc2ccccc2)[C@@H]1OCc1ccccc1. The molecule has 4 atom stereocenters. The third-order valence-electron chi connectivity index (χ3n) is 4.28. The molecule has 2 aromatic rings. The van der Waals surface area contributed by atoms with Gasteiger partial charge in [-0.1, -0.05) is 92.5 Å². The molecule has 2 aromatic carbocycles. The fourth-order valence-corrected chi connectivity index (χ4v) is 6.01. The summed E-state index contributed by atoms with van der Waals surface area (Å²) in [4.78, 5) is 0. The summed E-state index contributed by atoms with van der Waals surface area (Å²) in [5, 5.41) is 2.61. The number of alkyl halides is 2. The van der Waals surface area contributed by atoms with E-state index in [-0.39, 0.29) is 12.2 Å². The first-order valence-electron chi connectivity index (χ1n) is 8.40. The monoisotopic (exact) mass is 484 g/mol. The predicted octanol–water partition coefficient (Wildman–Crippen LogP) is 5.43. The molecule has 1 saturated heterocycles. The molecule has 2 nitrogen and oxygen atoms in total. The van der Waals surface area contributed by atoms with Gasteiger partial charge in [0.25, 0.3) is 0 Å². The summed E-state index contributed by atoms with van der Waals surface area (Å²) in [6.07, 6.45) is 0.159. The van der Waals surface area contributed by atoms with Crippen LogP contribution in [0.25, 0.3) is 0 Å². The number of ether oxygens (including phenoxy) is 2. The zero-order valence-corrected chi connectivity index (χ0v) is 17.9. The molecular formula is C20H22Br2O2S. The van der Waals surface area contributed by atoms with E-state index in [1.165, 1.54) is 11.1 Å². The van der Waals surface area contributed by atoms with Crippen LogP contribution in [-0.4, -0.2) is 33.4 Å². The van der Waals surface area contributed by atoms with Crippen molar-refractivity contribution in [3.63, 3.8) is 0 Å². The van der Waals surface area contributed by atoms with Gasteiger partial charge in [-0.15, -0.1) is 11.8 Å². The molecule has 0 aromatic heterocycles. The number of thioether (sulfide) groups is 1. The van der Waals surface area contributed by atoms with Crippen LogP contribution in [0.3, 0.4) is 0 Å². The van der Waals surface area contributed by atoms with Crippen LogP contribution in [0.15, 0.2) is 60.7 Å². The quantitative estimate of drug-likeness (QED) is 0.464. The number of benzene rings is 2. The molecule has 1 heterocycles. The summed E-state index contributed by atoms with van der Waals surface area (Å²) in [6.45, 7) is 1.24. The Labute approximate surface area is 170 Å². The first-order chi connectivity index (χ1) is 12.3. The van der Waals surface area contributed by atoms with Crippen LogP contribution in [0, 0.1) is 0 Å². The minimum atomic E-state index is 0.0795. The van der Waals surface area contributed by atoms with Crippen molar-refractivity contribution in [2.75, 3.05) is 10.7 Å². The van der Waals surface area contributed by atoms with Gasteiger partial charge in [-0.3, -0.25) is 0 Å². The Morgan fingerprint density at radius 3 is 1.44 bits per heavy atom. The van der Waals surface area contributed by atoms with E-state index < -0.39 is 0 Å². The molecule has 134 valence electrons. The van der Waals surface area contributed by atoms with Gasteiger partial charge in [0.15, 0.2) is 0 Å². The standard InChI is InChI=1S/C20H22Br2O2S/c21-11-17-19(23-13-15-7-3-1-4-8-15)20(18(12-22)25-17)24-14-16-9-5-2-6-10-16/h1-10,17-20H,11-14H2/t17-,18-,19+,20+/m0/s1. The highest BCUT2D eigenvalue weighted by molar-refractivity contribution is 9.09. The molecule has 1 aliphatic heterocycles. The Balaban J connectivity index is 1.66. The minimum absolute atomic E-state index is 0.0795. The third kappa shape index (κ3) is 5.33. The Hall–Kier alpha value is -0.330. The number of rotatable bonds is 8. The van der Waals surface area contributed by atoms with Gasteiger partial charge in [0, 0.05) is 21.2 Å². The van der Waals surface area contributed by atoms with E-state index >= 15 is 0 Å². The lowest BCUT2D eigenvalue weighted by Gasteiger charge is -2.25. The van der Waals surface area contributed by atoms with Gasteiger partial charge in [0.2, 0.25) is 0 Å². The molecule has 0 radical (unpaired) electrons. The van der Waals surface area contributed by atoms with Crippen molar-refractivity contribution >= 4 is 43.6 Å². The van der Waals surface area contributed by atoms with Crippen LogP contribution in [0.5, 0.6) is 0 Å². The van der Waals surface area contributed by atoms with E-state index in [1.807, 2.05) is 23.9 Å². The second kappa shape index (κ2) is 10.1. The van der Waals surface area contributed by atoms with Gasteiger partial charge in [0.05, 0.1) is 25.4 Å². The second-order valence-electron chi connectivity index (χ2n) is 6.04. The maximum atomic E-state index is 6.33. The van der Waals surface area contributed by atoms with Gasteiger partial charge in [-0.05, 0) is 11.1 Å². The lowest BCUT2D eigenvalue weighted by molar-refractivity contribution is -0.0749. The Kier molecular flexibility index (Phi) is 7.87. The molecule has 0 amide bonds. The molecule has 1 fully saturated rings. The molecule has 0 bridgehead atoms. The van der Waals surface area contributed by atoms with Crippen LogP contribution in [-0.2, 0) is 22.7 Å². The summed E-state index contributed by atoms with van der Waals surface area (Å²) >= 11 is 9.26. The molecule has 0 saturated carbocycles. The average Bonchev–Trinajstić information content (AvgIpc) is 3.03. The van der Waals surface area contributed by atoms with Crippen molar-refractivity contribution in [1.82, 2.24) is 0 Å². The zero-order chi connectivity index (χ0) is 17.5. The van der Waals surface area contributed by atoms with E-state index in [0.29, 0.717) is 23.7 Å². The van der Waals surface area contributed by atoms with Gasteiger partial charge in [-0.25, -0.2) is 0 Å². The van der Waals surface area contributed by atoms with Crippen molar-refractivity contribution in [2.45, 2.75) is 35.9 Å². The lowest BCUT2D eigenvalue weighted by Crippen LogP contribution is -2.38. The van der Waals surface area contributed by atoms with Crippen molar-refractivity contribution in [2.24, 2.45) is 0 Å². The molecular weight excluding hydrogens is 464 g/mol. The van der Waals surface area contributed by atoms with Crippen LogP contribution in [0.2, 0.25) is 0 Å². The fourth-order valence-electron chi connectivity index (χ4n) is 2.99. The highest BCUT2D eigenvalue weighted by atomic mass is 79.9. The molecule has 25 heavy (non-hydrogen) atoms. The number of hydrogen-bond acceptors (Lipinski definition) is 3. The van der Waals surface area contributed by atoms with E-state index in [0.717, 1.165) is 10.7 Å². The molecule has 1 aliphatic rings.